The molecule has 5 amide bonds. The smallest absolute Gasteiger partial charge is 0.324 e. The summed E-state index contributed by atoms with van der Waals surface area (Å²) in [5.41, 5.74) is -0.814. The van der Waals surface area contributed by atoms with Gasteiger partial charge in [-0.2, -0.15) is 0 Å². The Balaban J connectivity index is 2.54. The second-order valence-corrected chi connectivity index (χ2v) is 5.59. The third kappa shape index (κ3) is 5.59. The van der Waals surface area contributed by atoms with Crippen molar-refractivity contribution in [2.45, 2.75) is 26.7 Å². The Morgan fingerprint density at radius 2 is 1.71 bits per heavy atom. The highest BCUT2D eigenvalue weighted by Gasteiger charge is 2.30. The van der Waals surface area contributed by atoms with Crippen molar-refractivity contribution < 1.29 is 29.1 Å². The van der Waals surface area contributed by atoms with Crippen molar-refractivity contribution in [3.8, 4) is 0 Å². The van der Waals surface area contributed by atoms with Crippen molar-refractivity contribution >= 4 is 29.7 Å². The molecule has 0 atom stereocenters. The maximum Gasteiger partial charge on any atom is 0.324 e. The molecule has 1 aliphatic heterocycles. The molecule has 0 aromatic rings. The summed E-state index contributed by atoms with van der Waals surface area (Å²) in [6.07, 6.45) is -0.391. The quantitative estimate of drug-likeness (QED) is 0.574. The first kappa shape index (κ1) is 16.6. The van der Waals surface area contributed by atoms with Crippen LogP contribution in [0, 0.1) is 5.41 Å². The molecule has 1 aliphatic rings. The van der Waals surface area contributed by atoms with E-state index in [9.17, 15) is 24.0 Å². The van der Waals surface area contributed by atoms with Crippen molar-refractivity contribution in [3.05, 3.63) is 0 Å². The van der Waals surface area contributed by atoms with Gasteiger partial charge in [0, 0.05) is 6.42 Å². The van der Waals surface area contributed by atoms with Crippen LogP contribution < -0.4 is 10.6 Å². The maximum atomic E-state index is 11.8. The molecule has 9 heteroatoms. The van der Waals surface area contributed by atoms with Gasteiger partial charge in [-0.1, -0.05) is 13.8 Å². The SMILES string of the molecule is CC(C)(CC(=O)O)CC(=O)NC(=O)N1CC(=O)NC(=O)C1. The highest BCUT2D eigenvalue weighted by Crippen LogP contribution is 2.24. The highest BCUT2D eigenvalue weighted by molar-refractivity contribution is 6.04. The van der Waals surface area contributed by atoms with Crippen LogP contribution in [0.25, 0.3) is 0 Å². The number of nitrogens with one attached hydrogen (secondary N) is 2. The first-order chi connectivity index (χ1) is 9.59. The standard InChI is InChI=1S/C12H17N3O6/c1-12(2,4-10(19)20)3-7(16)14-11(21)15-5-8(17)13-9(18)6-15/h3-6H2,1-2H3,(H,19,20)(H,13,17,18)(H,14,16,21). The van der Waals surface area contributed by atoms with Crippen molar-refractivity contribution in [2.75, 3.05) is 13.1 Å². The fourth-order valence-electron chi connectivity index (χ4n) is 1.93. The number of piperazine rings is 1. The molecule has 0 spiro atoms. The lowest BCUT2D eigenvalue weighted by Gasteiger charge is -2.26. The van der Waals surface area contributed by atoms with Gasteiger partial charge in [0.25, 0.3) is 0 Å². The Bertz CT molecular complexity index is 483. The zero-order valence-corrected chi connectivity index (χ0v) is 11.8. The number of hydrogen-bond acceptors (Lipinski definition) is 5. The largest absolute Gasteiger partial charge is 0.481 e. The Morgan fingerprint density at radius 3 is 2.19 bits per heavy atom. The van der Waals surface area contributed by atoms with Crippen LogP contribution in [0.5, 0.6) is 0 Å². The Labute approximate surface area is 120 Å². The van der Waals surface area contributed by atoms with Crippen LogP contribution in [-0.4, -0.2) is 52.8 Å². The van der Waals surface area contributed by atoms with E-state index in [2.05, 4.69) is 0 Å². The van der Waals surface area contributed by atoms with E-state index in [0.717, 1.165) is 4.90 Å². The van der Waals surface area contributed by atoms with Crippen LogP contribution >= 0.6 is 0 Å². The van der Waals surface area contributed by atoms with E-state index in [1.807, 2.05) is 10.6 Å². The Kier molecular flexibility index (Phi) is 5.01. The van der Waals surface area contributed by atoms with Gasteiger partial charge < -0.3 is 10.0 Å². The first-order valence-electron chi connectivity index (χ1n) is 6.22. The monoisotopic (exact) mass is 299 g/mol. The number of amides is 5. The third-order valence-corrected chi connectivity index (χ3v) is 2.75. The lowest BCUT2D eigenvalue weighted by molar-refractivity contribution is -0.140. The summed E-state index contributed by atoms with van der Waals surface area (Å²) in [6, 6.07) is -0.852. The fourth-order valence-corrected chi connectivity index (χ4v) is 1.93. The van der Waals surface area contributed by atoms with Crippen molar-refractivity contribution in [2.24, 2.45) is 5.41 Å². The van der Waals surface area contributed by atoms with Gasteiger partial charge in [-0.05, 0) is 5.41 Å². The molecule has 1 heterocycles. The second kappa shape index (κ2) is 6.33. The highest BCUT2D eigenvalue weighted by atomic mass is 16.4. The number of nitrogens with zero attached hydrogens (tertiary/aromatic N) is 1. The minimum atomic E-state index is -1.04. The zero-order valence-electron chi connectivity index (χ0n) is 11.8. The molecule has 0 saturated carbocycles. The normalized spacial score (nSPS) is 15.4. The molecule has 1 fully saturated rings. The number of imide groups is 2. The average molecular weight is 299 g/mol. The summed E-state index contributed by atoms with van der Waals surface area (Å²) in [5.74, 6) is -2.96. The van der Waals surface area contributed by atoms with Gasteiger partial charge in [0.15, 0.2) is 0 Å². The van der Waals surface area contributed by atoms with E-state index in [1.165, 1.54) is 0 Å². The summed E-state index contributed by atoms with van der Waals surface area (Å²) >= 11 is 0. The number of rotatable bonds is 4. The average Bonchev–Trinajstić information content (AvgIpc) is 2.23. The third-order valence-electron chi connectivity index (χ3n) is 2.75. The second-order valence-electron chi connectivity index (χ2n) is 5.59. The molecule has 1 saturated heterocycles. The van der Waals surface area contributed by atoms with Crippen LogP contribution in [0.2, 0.25) is 0 Å². The Hall–Kier alpha value is -2.45. The van der Waals surface area contributed by atoms with Gasteiger partial charge in [-0.15, -0.1) is 0 Å². The molecule has 0 radical (unpaired) electrons. The molecule has 0 bridgehead atoms. The lowest BCUT2D eigenvalue weighted by Crippen LogP contribution is -2.56. The van der Waals surface area contributed by atoms with E-state index in [-0.39, 0.29) is 25.9 Å². The van der Waals surface area contributed by atoms with E-state index in [1.54, 1.807) is 13.8 Å². The number of hydrogen-bond donors (Lipinski definition) is 3. The lowest BCUT2D eigenvalue weighted by atomic mass is 9.85. The number of carboxylic acids is 1. The van der Waals surface area contributed by atoms with Crippen LogP contribution in [0.3, 0.4) is 0 Å². The topological polar surface area (TPSA) is 133 Å². The van der Waals surface area contributed by atoms with Gasteiger partial charge in [0.2, 0.25) is 17.7 Å². The molecular formula is C12H17N3O6. The number of carbonyl (C=O) groups is 5. The van der Waals surface area contributed by atoms with Gasteiger partial charge in [-0.3, -0.25) is 29.8 Å². The summed E-state index contributed by atoms with van der Waals surface area (Å²) < 4.78 is 0. The Morgan fingerprint density at radius 1 is 1.19 bits per heavy atom. The molecular weight excluding hydrogens is 282 g/mol. The molecule has 3 N–H and O–H groups in total. The van der Waals surface area contributed by atoms with Crippen molar-refractivity contribution in [3.63, 3.8) is 0 Å². The number of urea groups is 1. The van der Waals surface area contributed by atoms with Crippen LogP contribution in [0.4, 0.5) is 4.79 Å². The molecule has 0 aromatic heterocycles. The predicted octanol–water partition coefficient (Wildman–Crippen LogP) is -0.928. The van der Waals surface area contributed by atoms with Crippen LogP contribution in [-0.2, 0) is 19.2 Å². The summed E-state index contributed by atoms with van der Waals surface area (Å²) in [7, 11) is 0. The summed E-state index contributed by atoms with van der Waals surface area (Å²) in [6.45, 7) is 2.54. The van der Waals surface area contributed by atoms with Gasteiger partial charge in [0.05, 0.1) is 6.42 Å². The van der Waals surface area contributed by atoms with E-state index >= 15 is 0 Å². The van der Waals surface area contributed by atoms with Gasteiger partial charge in [0.1, 0.15) is 13.1 Å². The molecule has 9 nitrogen and oxygen atoms in total. The zero-order chi connectivity index (χ0) is 16.2. The van der Waals surface area contributed by atoms with Crippen molar-refractivity contribution in [1.29, 1.82) is 0 Å². The molecule has 0 aliphatic carbocycles. The summed E-state index contributed by atoms with van der Waals surface area (Å²) in [5, 5.41) is 12.8. The molecule has 21 heavy (non-hydrogen) atoms. The number of carbonyl (C=O) groups excluding carboxylic acids is 4. The molecule has 0 aromatic carbocycles. The van der Waals surface area contributed by atoms with Crippen LogP contribution in [0.1, 0.15) is 26.7 Å². The van der Waals surface area contributed by atoms with Gasteiger partial charge in [-0.25, -0.2) is 4.79 Å². The van der Waals surface area contributed by atoms with E-state index in [4.69, 9.17) is 5.11 Å². The first-order valence-corrected chi connectivity index (χ1v) is 6.22. The number of aliphatic carboxylic acids is 1. The van der Waals surface area contributed by atoms with E-state index in [0.29, 0.717) is 0 Å². The number of carboxylic acid groups (broad SMARTS) is 1. The molecule has 1 rings (SSSR count). The predicted molar refractivity (Wildman–Crippen MR) is 68.9 cm³/mol. The minimum Gasteiger partial charge on any atom is -0.481 e. The maximum absolute atomic E-state index is 11.8. The fraction of sp³-hybridized carbons (Fsp3) is 0.583. The molecule has 116 valence electrons. The minimum absolute atomic E-state index is 0.168. The van der Waals surface area contributed by atoms with Crippen LogP contribution in [0.15, 0.2) is 0 Å². The van der Waals surface area contributed by atoms with E-state index < -0.39 is 35.1 Å². The van der Waals surface area contributed by atoms with Gasteiger partial charge >= 0.3 is 12.0 Å². The molecule has 0 unspecified atom stereocenters. The summed E-state index contributed by atoms with van der Waals surface area (Å²) in [4.78, 5) is 57.3. The van der Waals surface area contributed by atoms with Crippen molar-refractivity contribution in [1.82, 2.24) is 15.5 Å².